The molecular formula is C18H27N3O4S. The van der Waals surface area contributed by atoms with Gasteiger partial charge in [0.1, 0.15) is 0 Å². The number of rotatable bonds is 8. The van der Waals surface area contributed by atoms with Crippen LogP contribution < -0.4 is 10.6 Å². The van der Waals surface area contributed by atoms with Crippen LogP contribution in [0, 0.1) is 5.92 Å². The van der Waals surface area contributed by atoms with E-state index >= 15 is 0 Å². The summed E-state index contributed by atoms with van der Waals surface area (Å²) in [5.74, 6) is 0.142. The lowest BCUT2D eigenvalue weighted by molar-refractivity contribution is -0.121. The Balaban J connectivity index is 1.56. The number of nitrogens with one attached hydrogen (secondary N) is 2. The van der Waals surface area contributed by atoms with Crippen LogP contribution in [0.2, 0.25) is 0 Å². The van der Waals surface area contributed by atoms with Gasteiger partial charge in [0.25, 0.3) is 5.91 Å². The average Bonchev–Trinajstić information content (AvgIpc) is 2.63. The number of carbonyl (C=O) groups is 2. The molecule has 2 rings (SSSR count). The molecule has 2 amide bonds. The molecule has 0 unspecified atom stereocenters. The fraction of sp³-hybridized carbons (Fsp3) is 0.556. The first kappa shape index (κ1) is 20.4. The van der Waals surface area contributed by atoms with Crippen LogP contribution in [-0.2, 0) is 14.8 Å². The third-order valence-electron chi connectivity index (χ3n) is 4.53. The van der Waals surface area contributed by atoms with Gasteiger partial charge in [0.15, 0.2) is 0 Å². The molecule has 0 spiro atoms. The number of sulfonamides is 1. The molecule has 1 fully saturated rings. The largest absolute Gasteiger partial charge is 0.356 e. The molecule has 1 aromatic carbocycles. The summed E-state index contributed by atoms with van der Waals surface area (Å²) in [6.07, 6.45) is 3.70. The SMILES string of the molecule is CS(=O)(=O)N1CCC(CNC(=O)CCCNC(=O)c2ccccc2)CC1. The lowest BCUT2D eigenvalue weighted by atomic mass is 9.98. The molecule has 0 bridgehead atoms. The van der Waals surface area contributed by atoms with Crippen molar-refractivity contribution < 1.29 is 18.0 Å². The van der Waals surface area contributed by atoms with Crippen LogP contribution in [0.4, 0.5) is 0 Å². The minimum atomic E-state index is -3.11. The maximum atomic E-state index is 11.9. The second-order valence-corrected chi connectivity index (χ2v) is 8.62. The molecule has 0 atom stereocenters. The van der Waals surface area contributed by atoms with Gasteiger partial charge in [0.05, 0.1) is 6.26 Å². The maximum Gasteiger partial charge on any atom is 0.251 e. The number of hydrogen-bond donors (Lipinski definition) is 2. The molecule has 2 N–H and O–H groups in total. The van der Waals surface area contributed by atoms with Crippen LogP contribution >= 0.6 is 0 Å². The first-order valence-corrected chi connectivity index (χ1v) is 10.8. The predicted octanol–water partition coefficient (Wildman–Crippen LogP) is 0.984. The van der Waals surface area contributed by atoms with E-state index in [0.717, 1.165) is 12.8 Å². The van der Waals surface area contributed by atoms with E-state index in [-0.39, 0.29) is 11.8 Å². The van der Waals surface area contributed by atoms with Gasteiger partial charge in [-0.15, -0.1) is 0 Å². The number of amides is 2. The van der Waals surface area contributed by atoms with Crippen molar-refractivity contribution in [3.05, 3.63) is 35.9 Å². The molecule has 1 aliphatic rings. The summed E-state index contributed by atoms with van der Waals surface area (Å²) >= 11 is 0. The van der Waals surface area contributed by atoms with Crippen LogP contribution in [0.5, 0.6) is 0 Å². The number of nitrogens with zero attached hydrogens (tertiary/aromatic N) is 1. The third-order valence-corrected chi connectivity index (χ3v) is 5.84. The molecule has 0 aromatic heterocycles. The van der Waals surface area contributed by atoms with Crippen molar-refractivity contribution in [1.82, 2.24) is 14.9 Å². The Morgan fingerprint density at radius 1 is 1.12 bits per heavy atom. The van der Waals surface area contributed by atoms with E-state index in [1.165, 1.54) is 10.6 Å². The summed E-state index contributed by atoms with van der Waals surface area (Å²) < 4.78 is 24.4. The van der Waals surface area contributed by atoms with Gasteiger partial charge in [-0.3, -0.25) is 9.59 Å². The standard InChI is InChI=1S/C18H27N3O4S/c1-26(24,25)21-12-9-15(10-13-21)14-20-17(22)8-5-11-19-18(23)16-6-3-2-4-7-16/h2-4,6-7,15H,5,8-14H2,1H3,(H,19,23)(H,20,22). The van der Waals surface area contributed by atoms with Gasteiger partial charge in [0, 0.05) is 38.2 Å². The number of benzene rings is 1. The van der Waals surface area contributed by atoms with Gasteiger partial charge in [0.2, 0.25) is 15.9 Å². The molecule has 26 heavy (non-hydrogen) atoms. The molecule has 7 nitrogen and oxygen atoms in total. The smallest absolute Gasteiger partial charge is 0.251 e. The minimum absolute atomic E-state index is 0.0375. The lowest BCUT2D eigenvalue weighted by Gasteiger charge is -2.30. The van der Waals surface area contributed by atoms with E-state index in [9.17, 15) is 18.0 Å². The maximum absolute atomic E-state index is 11.9. The van der Waals surface area contributed by atoms with Gasteiger partial charge in [-0.2, -0.15) is 0 Å². The zero-order valence-corrected chi connectivity index (χ0v) is 15.9. The Hall–Kier alpha value is -1.93. The first-order valence-electron chi connectivity index (χ1n) is 8.91. The van der Waals surface area contributed by atoms with Crippen LogP contribution in [0.1, 0.15) is 36.0 Å². The summed E-state index contributed by atoms with van der Waals surface area (Å²) in [5.41, 5.74) is 0.609. The van der Waals surface area contributed by atoms with E-state index in [1.807, 2.05) is 18.2 Å². The Morgan fingerprint density at radius 3 is 2.38 bits per heavy atom. The van der Waals surface area contributed by atoms with Crippen LogP contribution in [-0.4, -0.2) is 57.0 Å². The normalized spacial score (nSPS) is 16.2. The Bertz CT molecular complexity index is 698. The van der Waals surface area contributed by atoms with Crippen molar-refractivity contribution in [3.63, 3.8) is 0 Å². The molecule has 0 saturated carbocycles. The second-order valence-electron chi connectivity index (χ2n) is 6.63. The van der Waals surface area contributed by atoms with Gasteiger partial charge in [-0.25, -0.2) is 12.7 Å². The molecule has 1 aromatic rings. The Kier molecular flexibility index (Phi) is 7.59. The minimum Gasteiger partial charge on any atom is -0.356 e. The van der Waals surface area contributed by atoms with E-state index in [1.54, 1.807) is 12.1 Å². The van der Waals surface area contributed by atoms with Crippen molar-refractivity contribution in [3.8, 4) is 0 Å². The fourth-order valence-corrected chi connectivity index (χ4v) is 3.81. The van der Waals surface area contributed by atoms with Crippen LogP contribution in [0.25, 0.3) is 0 Å². The molecule has 1 saturated heterocycles. The fourth-order valence-electron chi connectivity index (χ4n) is 2.93. The monoisotopic (exact) mass is 381 g/mol. The molecule has 1 heterocycles. The van der Waals surface area contributed by atoms with Crippen molar-refractivity contribution in [2.24, 2.45) is 5.92 Å². The summed E-state index contributed by atoms with van der Waals surface area (Å²) in [6.45, 7) is 2.07. The summed E-state index contributed by atoms with van der Waals surface area (Å²) in [6, 6.07) is 8.96. The first-order chi connectivity index (χ1) is 12.4. The molecule has 8 heteroatoms. The molecule has 1 aliphatic heterocycles. The topological polar surface area (TPSA) is 95.6 Å². The van der Waals surface area contributed by atoms with Crippen molar-refractivity contribution in [2.45, 2.75) is 25.7 Å². The number of hydrogen-bond acceptors (Lipinski definition) is 4. The molecule has 0 aliphatic carbocycles. The van der Waals surface area contributed by atoms with E-state index in [0.29, 0.717) is 50.5 Å². The molecule has 144 valence electrons. The second kappa shape index (κ2) is 9.68. The van der Waals surface area contributed by atoms with E-state index < -0.39 is 10.0 Å². The van der Waals surface area contributed by atoms with Crippen molar-refractivity contribution in [1.29, 1.82) is 0 Å². The highest BCUT2D eigenvalue weighted by Crippen LogP contribution is 2.18. The lowest BCUT2D eigenvalue weighted by Crippen LogP contribution is -2.41. The van der Waals surface area contributed by atoms with Gasteiger partial charge >= 0.3 is 0 Å². The number of carbonyl (C=O) groups excluding carboxylic acids is 2. The zero-order chi connectivity index (χ0) is 19.0. The summed E-state index contributed by atoms with van der Waals surface area (Å²) in [7, 11) is -3.11. The highest BCUT2D eigenvalue weighted by Gasteiger charge is 2.24. The summed E-state index contributed by atoms with van der Waals surface area (Å²) in [4.78, 5) is 23.8. The quantitative estimate of drug-likeness (QED) is 0.656. The summed E-state index contributed by atoms with van der Waals surface area (Å²) in [5, 5.41) is 5.70. The highest BCUT2D eigenvalue weighted by atomic mass is 32.2. The van der Waals surface area contributed by atoms with E-state index in [4.69, 9.17) is 0 Å². The molecule has 0 radical (unpaired) electrons. The van der Waals surface area contributed by atoms with Crippen LogP contribution in [0.3, 0.4) is 0 Å². The molecular weight excluding hydrogens is 354 g/mol. The van der Waals surface area contributed by atoms with Gasteiger partial charge < -0.3 is 10.6 Å². The Morgan fingerprint density at radius 2 is 1.77 bits per heavy atom. The average molecular weight is 381 g/mol. The van der Waals surface area contributed by atoms with Gasteiger partial charge in [-0.1, -0.05) is 18.2 Å². The van der Waals surface area contributed by atoms with Crippen molar-refractivity contribution in [2.75, 3.05) is 32.4 Å². The van der Waals surface area contributed by atoms with Crippen molar-refractivity contribution >= 4 is 21.8 Å². The predicted molar refractivity (Wildman–Crippen MR) is 100 cm³/mol. The van der Waals surface area contributed by atoms with Crippen LogP contribution in [0.15, 0.2) is 30.3 Å². The van der Waals surface area contributed by atoms with Gasteiger partial charge in [-0.05, 0) is 37.3 Å². The third kappa shape index (κ3) is 6.76. The zero-order valence-electron chi connectivity index (χ0n) is 15.1. The van der Waals surface area contributed by atoms with E-state index in [2.05, 4.69) is 10.6 Å². The Labute approximate surface area is 155 Å². The highest BCUT2D eigenvalue weighted by molar-refractivity contribution is 7.88. The number of piperidine rings is 1.